The van der Waals surface area contributed by atoms with E-state index in [0.29, 0.717) is 4.47 Å². The fourth-order valence-corrected chi connectivity index (χ4v) is 3.57. The van der Waals surface area contributed by atoms with Crippen LogP contribution in [0.1, 0.15) is 15.9 Å². The number of carbonyl (C=O) groups excluding carboxylic acids is 2. The third-order valence-electron chi connectivity index (χ3n) is 3.58. The van der Waals surface area contributed by atoms with Gasteiger partial charge in [0, 0.05) is 11.5 Å². The van der Waals surface area contributed by atoms with Gasteiger partial charge in [0.05, 0.1) is 17.0 Å². The minimum Gasteiger partial charge on any atom is -0.272 e. The number of hydrogen-bond acceptors (Lipinski definition) is 4. The second kappa shape index (κ2) is 8.59. The maximum absolute atomic E-state index is 13.6. The van der Waals surface area contributed by atoms with Crippen molar-refractivity contribution in [2.75, 3.05) is 13.6 Å². The van der Waals surface area contributed by atoms with E-state index >= 15 is 0 Å². The normalized spacial score (nSPS) is 11.3. The third-order valence-corrected chi connectivity index (χ3v) is 5.89. The highest BCUT2D eigenvalue weighted by atomic mass is 79.9. The molecule has 2 aromatic carbocycles. The van der Waals surface area contributed by atoms with Crippen molar-refractivity contribution in [1.29, 1.82) is 0 Å². The molecule has 0 heterocycles. The van der Waals surface area contributed by atoms with E-state index < -0.39 is 34.2 Å². The molecule has 0 saturated carbocycles. The summed E-state index contributed by atoms with van der Waals surface area (Å²) in [4.78, 5) is 23.9. The molecule has 0 unspecified atom stereocenters. The smallest absolute Gasteiger partial charge is 0.272 e. The van der Waals surface area contributed by atoms with Crippen LogP contribution in [0.3, 0.4) is 0 Å². The molecule has 27 heavy (non-hydrogen) atoms. The van der Waals surface area contributed by atoms with E-state index in [9.17, 15) is 22.4 Å². The highest BCUT2D eigenvalue weighted by Crippen LogP contribution is 2.16. The number of benzene rings is 2. The average molecular weight is 458 g/mol. The molecule has 0 aliphatic carbocycles. The van der Waals surface area contributed by atoms with Gasteiger partial charge in [-0.05, 0) is 37.3 Å². The predicted molar refractivity (Wildman–Crippen MR) is 101 cm³/mol. The maximum atomic E-state index is 13.6. The predicted octanol–water partition coefficient (Wildman–Crippen LogP) is 1.98. The molecule has 2 amide bonds. The Balaban J connectivity index is 1.97. The van der Waals surface area contributed by atoms with Crippen LogP contribution in [0.5, 0.6) is 0 Å². The number of nitrogens with one attached hydrogen (secondary N) is 2. The minimum atomic E-state index is -3.86. The molecule has 7 nitrogen and oxygen atoms in total. The van der Waals surface area contributed by atoms with Crippen LogP contribution in [-0.2, 0) is 14.8 Å². The van der Waals surface area contributed by atoms with Gasteiger partial charge in [0.15, 0.2) is 0 Å². The fourth-order valence-electron chi connectivity index (χ4n) is 2.08. The summed E-state index contributed by atoms with van der Waals surface area (Å²) in [6, 6.07) is 9.96. The molecule has 0 saturated heterocycles. The Morgan fingerprint density at radius 3 is 2.37 bits per heavy atom. The number of aryl methyl sites for hydroxylation is 1. The highest BCUT2D eigenvalue weighted by Gasteiger charge is 2.23. The second-order valence-electron chi connectivity index (χ2n) is 5.70. The van der Waals surface area contributed by atoms with E-state index in [1.54, 1.807) is 12.1 Å². The molecule has 10 heteroatoms. The van der Waals surface area contributed by atoms with Crippen molar-refractivity contribution < 1.29 is 22.4 Å². The van der Waals surface area contributed by atoms with E-state index in [1.165, 1.54) is 31.3 Å². The summed E-state index contributed by atoms with van der Waals surface area (Å²) in [7, 11) is -2.62. The molecule has 0 spiro atoms. The lowest BCUT2D eigenvalue weighted by molar-refractivity contribution is -0.121. The van der Waals surface area contributed by atoms with Gasteiger partial charge in [-0.1, -0.05) is 33.6 Å². The Labute approximate surface area is 164 Å². The molecule has 0 bridgehead atoms. The van der Waals surface area contributed by atoms with Gasteiger partial charge in [-0.2, -0.15) is 4.31 Å². The van der Waals surface area contributed by atoms with E-state index in [4.69, 9.17) is 0 Å². The number of rotatable bonds is 5. The first-order valence-electron chi connectivity index (χ1n) is 7.68. The van der Waals surface area contributed by atoms with Crippen molar-refractivity contribution in [2.45, 2.75) is 11.8 Å². The molecule has 0 atom stereocenters. The summed E-state index contributed by atoms with van der Waals surface area (Å²) in [5.41, 5.74) is 4.74. The van der Waals surface area contributed by atoms with Gasteiger partial charge in [-0.25, -0.2) is 12.8 Å². The van der Waals surface area contributed by atoms with E-state index in [2.05, 4.69) is 26.8 Å². The molecule has 2 N–H and O–H groups in total. The number of amides is 2. The summed E-state index contributed by atoms with van der Waals surface area (Å²) >= 11 is 3.12. The first-order chi connectivity index (χ1) is 12.6. The quantitative estimate of drug-likeness (QED) is 0.670. The topological polar surface area (TPSA) is 95.6 Å². The van der Waals surface area contributed by atoms with Gasteiger partial charge in [0.2, 0.25) is 10.0 Å². The molecule has 2 aromatic rings. The Morgan fingerprint density at radius 2 is 1.74 bits per heavy atom. The second-order valence-corrected chi connectivity index (χ2v) is 8.66. The van der Waals surface area contributed by atoms with E-state index in [1.807, 2.05) is 6.92 Å². The van der Waals surface area contributed by atoms with Crippen molar-refractivity contribution in [1.82, 2.24) is 15.2 Å². The van der Waals surface area contributed by atoms with Crippen LogP contribution in [0, 0.1) is 12.7 Å². The lowest BCUT2D eigenvalue weighted by Gasteiger charge is -2.17. The van der Waals surface area contributed by atoms with Crippen LogP contribution in [0.2, 0.25) is 0 Å². The van der Waals surface area contributed by atoms with Crippen LogP contribution in [0.15, 0.2) is 51.8 Å². The number of nitrogens with zero attached hydrogens (tertiary/aromatic N) is 1. The Bertz CT molecular complexity index is 965. The van der Waals surface area contributed by atoms with Gasteiger partial charge in [-0.3, -0.25) is 20.4 Å². The summed E-state index contributed by atoms with van der Waals surface area (Å²) < 4.78 is 39.8. The molecule has 0 aromatic heterocycles. The number of halogens is 2. The molecule has 2 rings (SSSR count). The first kappa shape index (κ1) is 21.0. The van der Waals surface area contributed by atoms with Crippen LogP contribution >= 0.6 is 15.9 Å². The molecule has 0 aliphatic heterocycles. The van der Waals surface area contributed by atoms with Crippen molar-refractivity contribution in [3.05, 3.63) is 63.9 Å². The zero-order valence-corrected chi connectivity index (χ0v) is 16.9. The lowest BCUT2D eigenvalue weighted by atomic mass is 10.2. The summed E-state index contributed by atoms with van der Waals surface area (Å²) in [5, 5.41) is 0. The van der Waals surface area contributed by atoms with Gasteiger partial charge in [-0.15, -0.1) is 0 Å². The van der Waals surface area contributed by atoms with Crippen molar-refractivity contribution in [3.63, 3.8) is 0 Å². The summed E-state index contributed by atoms with van der Waals surface area (Å²) in [6.45, 7) is 1.29. The largest absolute Gasteiger partial charge is 0.272 e. The van der Waals surface area contributed by atoms with Gasteiger partial charge in [0.1, 0.15) is 5.82 Å². The van der Waals surface area contributed by atoms with E-state index in [-0.39, 0.29) is 10.5 Å². The number of sulfonamides is 1. The van der Waals surface area contributed by atoms with Crippen LogP contribution in [0.25, 0.3) is 0 Å². The average Bonchev–Trinajstić information content (AvgIpc) is 2.62. The van der Waals surface area contributed by atoms with Crippen molar-refractivity contribution in [3.8, 4) is 0 Å². The van der Waals surface area contributed by atoms with Crippen molar-refractivity contribution >= 4 is 37.8 Å². The molecular formula is C17H17BrFN3O4S. The highest BCUT2D eigenvalue weighted by molar-refractivity contribution is 9.10. The number of hydrazine groups is 1. The van der Waals surface area contributed by atoms with Gasteiger partial charge in [0.25, 0.3) is 11.8 Å². The summed E-state index contributed by atoms with van der Waals surface area (Å²) in [5.74, 6) is -2.41. The molecular weight excluding hydrogens is 441 g/mol. The van der Waals surface area contributed by atoms with E-state index in [0.717, 1.165) is 15.9 Å². The Hall–Kier alpha value is -2.30. The first-order valence-corrected chi connectivity index (χ1v) is 9.92. The zero-order chi connectivity index (χ0) is 20.2. The standard InChI is InChI=1S/C17H17BrFN3O4S/c1-11-3-6-13(7-4-11)27(25,26)22(2)10-16(23)20-21-17(24)14-9-12(18)5-8-15(14)19/h3-9H,10H2,1-2H3,(H,20,23)(H,21,24). The van der Waals surface area contributed by atoms with Gasteiger partial charge >= 0.3 is 0 Å². The fraction of sp³-hybridized carbons (Fsp3) is 0.176. The minimum absolute atomic E-state index is 0.0450. The number of hydrogen-bond donors (Lipinski definition) is 2. The third kappa shape index (κ3) is 5.34. The van der Waals surface area contributed by atoms with Crippen LogP contribution in [-0.4, -0.2) is 38.1 Å². The van der Waals surface area contributed by atoms with Crippen molar-refractivity contribution in [2.24, 2.45) is 0 Å². The number of likely N-dealkylation sites (N-methyl/N-ethyl adjacent to an activating group) is 1. The molecule has 0 aliphatic rings. The van der Waals surface area contributed by atoms with Gasteiger partial charge < -0.3 is 0 Å². The number of carbonyl (C=O) groups is 2. The monoisotopic (exact) mass is 457 g/mol. The van der Waals surface area contributed by atoms with Crippen LogP contribution in [0.4, 0.5) is 4.39 Å². The molecule has 0 radical (unpaired) electrons. The van der Waals surface area contributed by atoms with Crippen LogP contribution < -0.4 is 10.9 Å². The molecule has 0 fully saturated rings. The lowest BCUT2D eigenvalue weighted by Crippen LogP contribution is -2.46. The molecule has 144 valence electrons. The SMILES string of the molecule is Cc1ccc(S(=O)(=O)N(C)CC(=O)NNC(=O)c2cc(Br)ccc2F)cc1. The summed E-state index contributed by atoms with van der Waals surface area (Å²) in [6.07, 6.45) is 0. The Kier molecular flexibility index (Phi) is 6.68. The maximum Gasteiger partial charge on any atom is 0.272 e. The zero-order valence-electron chi connectivity index (χ0n) is 14.5. The Morgan fingerprint density at radius 1 is 1.11 bits per heavy atom.